The van der Waals surface area contributed by atoms with Gasteiger partial charge in [-0.1, -0.05) is 11.6 Å². The van der Waals surface area contributed by atoms with Crippen LogP contribution in [0.3, 0.4) is 0 Å². The molecule has 0 fully saturated rings. The van der Waals surface area contributed by atoms with Crippen molar-refractivity contribution in [1.29, 1.82) is 0 Å². The topological polar surface area (TPSA) is 50.4 Å². The normalized spacial score (nSPS) is 10.4. The number of furan rings is 1. The fourth-order valence-corrected chi connectivity index (χ4v) is 2.56. The molecule has 1 aromatic heterocycles. The highest BCUT2D eigenvalue weighted by atomic mass is 35.5. The van der Waals surface area contributed by atoms with Crippen molar-refractivity contribution in [3.05, 3.63) is 52.9 Å². The van der Waals surface area contributed by atoms with Gasteiger partial charge in [0.15, 0.2) is 0 Å². The van der Waals surface area contributed by atoms with E-state index in [2.05, 4.69) is 0 Å². The minimum Gasteiger partial charge on any atom is -0.478 e. The van der Waals surface area contributed by atoms with Crippen LogP contribution < -0.4 is 0 Å². The zero-order valence-corrected chi connectivity index (χ0v) is 10.3. The number of carboxylic acid groups (broad SMARTS) is 1. The average Bonchev–Trinajstić information content (AvgIpc) is 2.78. The van der Waals surface area contributed by atoms with E-state index in [4.69, 9.17) is 21.1 Å². The Morgan fingerprint density at radius 2 is 2.24 bits per heavy atom. The molecule has 1 heterocycles. The smallest absolute Gasteiger partial charge is 0.336 e. The van der Waals surface area contributed by atoms with Crippen LogP contribution in [0.4, 0.5) is 0 Å². The summed E-state index contributed by atoms with van der Waals surface area (Å²) in [5.41, 5.74) is 0.256. The minimum atomic E-state index is -0.955. The van der Waals surface area contributed by atoms with Crippen molar-refractivity contribution < 1.29 is 14.3 Å². The lowest BCUT2D eigenvalue weighted by atomic mass is 10.2. The quantitative estimate of drug-likeness (QED) is 0.854. The molecular formula is C12H9ClO3S. The summed E-state index contributed by atoms with van der Waals surface area (Å²) in [6, 6.07) is 8.37. The molecule has 0 saturated carbocycles. The Kier molecular flexibility index (Phi) is 3.76. The Labute approximate surface area is 107 Å². The number of benzene rings is 1. The lowest BCUT2D eigenvalue weighted by Gasteiger charge is -2.05. The zero-order valence-electron chi connectivity index (χ0n) is 8.72. The molecule has 0 saturated heterocycles. The summed E-state index contributed by atoms with van der Waals surface area (Å²) in [7, 11) is 0. The first kappa shape index (κ1) is 12.1. The second-order valence-corrected chi connectivity index (χ2v) is 4.77. The third-order valence-electron chi connectivity index (χ3n) is 2.12. The van der Waals surface area contributed by atoms with Crippen LogP contribution in [-0.4, -0.2) is 11.1 Å². The molecule has 5 heteroatoms. The number of hydrogen-bond acceptors (Lipinski definition) is 3. The van der Waals surface area contributed by atoms with Gasteiger partial charge in [-0.25, -0.2) is 4.79 Å². The van der Waals surface area contributed by atoms with E-state index in [0.29, 0.717) is 15.7 Å². The van der Waals surface area contributed by atoms with E-state index >= 15 is 0 Å². The highest BCUT2D eigenvalue weighted by Crippen LogP contribution is 2.29. The van der Waals surface area contributed by atoms with Crippen LogP contribution in [0.5, 0.6) is 0 Å². The molecule has 17 heavy (non-hydrogen) atoms. The van der Waals surface area contributed by atoms with Crippen LogP contribution in [0.25, 0.3) is 0 Å². The van der Waals surface area contributed by atoms with Gasteiger partial charge in [0.05, 0.1) is 17.6 Å². The predicted octanol–water partition coefficient (Wildman–Crippen LogP) is 3.92. The first-order valence-corrected chi connectivity index (χ1v) is 6.21. The summed E-state index contributed by atoms with van der Waals surface area (Å²) in [5.74, 6) is 0.420. The number of rotatable bonds is 4. The van der Waals surface area contributed by atoms with E-state index in [1.54, 1.807) is 24.5 Å². The molecular weight excluding hydrogens is 260 g/mol. The van der Waals surface area contributed by atoms with E-state index in [1.165, 1.54) is 17.8 Å². The summed E-state index contributed by atoms with van der Waals surface area (Å²) in [5, 5.41) is 9.56. The number of carbonyl (C=O) groups is 1. The van der Waals surface area contributed by atoms with Crippen LogP contribution >= 0.6 is 23.4 Å². The van der Waals surface area contributed by atoms with Gasteiger partial charge in [-0.2, -0.15) is 0 Å². The molecule has 0 aliphatic heterocycles. The van der Waals surface area contributed by atoms with Crippen LogP contribution in [0.2, 0.25) is 5.02 Å². The van der Waals surface area contributed by atoms with Crippen LogP contribution in [0, 0.1) is 0 Å². The summed E-state index contributed by atoms with van der Waals surface area (Å²) >= 11 is 7.24. The fraction of sp³-hybridized carbons (Fsp3) is 0.0833. The van der Waals surface area contributed by atoms with Crippen LogP contribution in [0.15, 0.2) is 45.9 Å². The second kappa shape index (κ2) is 5.29. The van der Waals surface area contributed by atoms with E-state index in [0.717, 1.165) is 5.76 Å². The summed E-state index contributed by atoms with van der Waals surface area (Å²) < 4.78 is 5.18. The summed E-state index contributed by atoms with van der Waals surface area (Å²) in [4.78, 5) is 11.7. The van der Waals surface area contributed by atoms with Crippen LogP contribution in [0.1, 0.15) is 16.1 Å². The third-order valence-corrected chi connectivity index (χ3v) is 3.44. The van der Waals surface area contributed by atoms with Crippen molar-refractivity contribution in [2.75, 3.05) is 0 Å². The van der Waals surface area contributed by atoms with Crippen molar-refractivity contribution >= 4 is 29.3 Å². The van der Waals surface area contributed by atoms with Gasteiger partial charge in [0.2, 0.25) is 0 Å². The highest BCUT2D eigenvalue weighted by Gasteiger charge is 2.11. The second-order valence-electron chi connectivity index (χ2n) is 3.31. The molecule has 0 spiro atoms. The van der Waals surface area contributed by atoms with Gasteiger partial charge in [0.25, 0.3) is 0 Å². The summed E-state index contributed by atoms with van der Waals surface area (Å²) in [6.07, 6.45) is 1.59. The number of carboxylic acids is 1. The number of halogens is 1. The van der Waals surface area contributed by atoms with Crippen molar-refractivity contribution in [3.63, 3.8) is 0 Å². The Balaban J connectivity index is 2.19. The van der Waals surface area contributed by atoms with E-state index in [1.807, 2.05) is 6.07 Å². The molecule has 88 valence electrons. The Bertz CT molecular complexity index is 523. The molecule has 2 rings (SSSR count). The average molecular weight is 269 g/mol. The van der Waals surface area contributed by atoms with Gasteiger partial charge >= 0.3 is 5.97 Å². The van der Waals surface area contributed by atoms with E-state index in [-0.39, 0.29) is 5.56 Å². The molecule has 0 unspecified atom stereocenters. The molecule has 2 aromatic rings. The Morgan fingerprint density at radius 1 is 1.41 bits per heavy atom. The SMILES string of the molecule is O=C(O)c1ccc(Cl)cc1SCc1ccco1. The molecule has 0 aliphatic rings. The number of aromatic carboxylic acids is 1. The lowest BCUT2D eigenvalue weighted by molar-refractivity contribution is 0.0693. The van der Waals surface area contributed by atoms with Gasteiger partial charge in [-0.05, 0) is 30.3 Å². The van der Waals surface area contributed by atoms with Crippen molar-refractivity contribution in [1.82, 2.24) is 0 Å². The van der Waals surface area contributed by atoms with Crippen LogP contribution in [-0.2, 0) is 5.75 Å². The third kappa shape index (κ3) is 3.05. The van der Waals surface area contributed by atoms with E-state index < -0.39 is 5.97 Å². The minimum absolute atomic E-state index is 0.256. The largest absolute Gasteiger partial charge is 0.478 e. The maximum atomic E-state index is 11.0. The number of thioether (sulfide) groups is 1. The zero-order chi connectivity index (χ0) is 12.3. The maximum Gasteiger partial charge on any atom is 0.336 e. The first-order chi connectivity index (χ1) is 8.16. The highest BCUT2D eigenvalue weighted by molar-refractivity contribution is 7.98. The van der Waals surface area contributed by atoms with Gasteiger partial charge in [-0.3, -0.25) is 0 Å². The van der Waals surface area contributed by atoms with Crippen molar-refractivity contribution in [2.24, 2.45) is 0 Å². The Morgan fingerprint density at radius 3 is 2.88 bits per heavy atom. The molecule has 0 atom stereocenters. The number of hydrogen-bond donors (Lipinski definition) is 1. The fourth-order valence-electron chi connectivity index (χ4n) is 1.34. The van der Waals surface area contributed by atoms with Crippen molar-refractivity contribution in [2.45, 2.75) is 10.6 Å². The van der Waals surface area contributed by atoms with Gasteiger partial charge < -0.3 is 9.52 Å². The molecule has 1 aromatic carbocycles. The molecule has 0 radical (unpaired) electrons. The summed E-state index contributed by atoms with van der Waals surface area (Å²) in [6.45, 7) is 0. The van der Waals surface area contributed by atoms with E-state index in [9.17, 15) is 4.79 Å². The van der Waals surface area contributed by atoms with Crippen molar-refractivity contribution in [3.8, 4) is 0 Å². The predicted molar refractivity (Wildman–Crippen MR) is 66.7 cm³/mol. The standard InChI is InChI=1S/C12H9ClO3S/c13-8-3-4-10(12(14)15)11(6-8)17-7-9-2-1-5-16-9/h1-6H,7H2,(H,14,15). The van der Waals surface area contributed by atoms with Gasteiger partial charge in [0.1, 0.15) is 5.76 Å². The lowest BCUT2D eigenvalue weighted by Crippen LogP contribution is -1.98. The maximum absolute atomic E-state index is 11.0. The molecule has 0 bridgehead atoms. The molecule has 3 nitrogen and oxygen atoms in total. The van der Waals surface area contributed by atoms with Gasteiger partial charge in [0, 0.05) is 9.92 Å². The molecule has 1 N–H and O–H groups in total. The molecule has 0 amide bonds. The first-order valence-electron chi connectivity index (χ1n) is 4.85. The van der Waals surface area contributed by atoms with Gasteiger partial charge in [-0.15, -0.1) is 11.8 Å². The Hall–Kier alpha value is -1.39. The molecule has 0 aliphatic carbocycles. The monoisotopic (exact) mass is 268 g/mol.